The van der Waals surface area contributed by atoms with Crippen LogP contribution in [0.5, 0.6) is 0 Å². The molecule has 1 aliphatic carbocycles. The van der Waals surface area contributed by atoms with Crippen LogP contribution in [-0.2, 0) is 0 Å². The van der Waals surface area contributed by atoms with Crippen LogP contribution in [0.4, 0.5) is 5.95 Å². The average Bonchev–Trinajstić information content (AvgIpc) is 2.78. The molecule has 0 saturated heterocycles. The molecule has 0 radical (unpaired) electrons. The zero-order valence-corrected chi connectivity index (χ0v) is 11.8. The van der Waals surface area contributed by atoms with Crippen molar-refractivity contribution in [3.8, 4) is 0 Å². The Morgan fingerprint density at radius 2 is 2.26 bits per heavy atom. The molecule has 0 amide bonds. The molecule has 0 spiro atoms. The lowest BCUT2D eigenvalue weighted by atomic mass is 9.82. The number of hydrogen-bond acceptors (Lipinski definition) is 3. The van der Waals surface area contributed by atoms with Crippen LogP contribution in [-0.4, -0.2) is 21.1 Å². The first-order chi connectivity index (χ1) is 9.20. The van der Waals surface area contributed by atoms with E-state index in [0.29, 0.717) is 0 Å². The van der Waals surface area contributed by atoms with E-state index in [-0.39, 0.29) is 0 Å². The van der Waals surface area contributed by atoms with Crippen LogP contribution in [0.1, 0.15) is 38.2 Å². The highest BCUT2D eigenvalue weighted by Gasteiger charge is 2.18. The smallest absolute Gasteiger partial charge is 0.243 e. The van der Waals surface area contributed by atoms with E-state index in [1.807, 2.05) is 16.8 Å². The molecule has 4 nitrogen and oxygen atoms in total. The van der Waals surface area contributed by atoms with Crippen molar-refractivity contribution in [2.75, 3.05) is 11.9 Å². The lowest BCUT2D eigenvalue weighted by molar-refractivity contribution is 0.293. The normalized spacial score (nSPS) is 23.7. The highest BCUT2D eigenvalue weighted by atomic mass is 15.3. The fourth-order valence-corrected chi connectivity index (χ4v) is 3.04. The number of hydrogen-bond donors (Lipinski definition) is 1. The van der Waals surface area contributed by atoms with Gasteiger partial charge in [0, 0.05) is 12.7 Å². The van der Waals surface area contributed by atoms with Gasteiger partial charge in [0.2, 0.25) is 5.95 Å². The molecular formula is C15H22N4. The Hall–Kier alpha value is -1.58. The number of nitrogens with one attached hydrogen (secondary N) is 1. The number of anilines is 1. The summed E-state index contributed by atoms with van der Waals surface area (Å²) >= 11 is 0. The number of aromatic nitrogens is 3. The molecule has 0 bridgehead atoms. The summed E-state index contributed by atoms with van der Waals surface area (Å²) in [6.45, 7) is 5.43. The van der Waals surface area contributed by atoms with Gasteiger partial charge in [-0.1, -0.05) is 25.8 Å². The minimum Gasteiger partial charge on any atom is -0.353 e. The Kier molecular flexibility index (Phi) is 3.40. The van der Waals surface area contributed by atoms with Crippen molar-refractivity contribution in [2.45, 2.75) is 39.5 Å². The summed E-state index contributed by atoms with van der Waals surface area (Å²) in [6.07, 6.45) is 7.44. The summed E-state index contributed by atoms with van der Waals surface area (Å²) in [6, 6.07) is 4.08. The zero-order chi connectivity index (χ0) is 13.2. The zero-order valence-electron chi connectivity index (χ0n) is 11.8. The Bertz CT molecular complexity index is 560. The minimum absolute atomic E-state index is 0.754. The molecule has 2 unspecified atom stereocenters. The van der Waals surface area contributed by atoms with E-state index >= 15 is 0 Å². The van der Waals surface area contributed by atoms with E-state index in [0.717, 1.165) is 30.0 Å². The second-order valence-corrected chi connectivity index (χ2v) is 5.96. The van der Waals surface area contributed by atoms with Crippen LogP contribution in [0.25, 0.3) is 5.65 Å². The summed E-state index contributed by atoms with van der Waals surface area (Å²) in [7, 11) is 0. The van der Waals surface area contributed by atoms with Gasteiger partial charge in [-0.15, -0.1) is 5.10 Å². The number of nitrogens with zero attached hydrogens (tertiary/aromatic N) is 3. The quantitative estimate of drug-likeness (QED) is 0.918. The van der Waals surface area contributed by atoms with Crippen molar-refractivity contribution in [1.82, 2.24) is 14.6 Å². The summed E-state index contributed by atoms with van der Waals surface area (Å²) < 4.78 is 1.85. The SMILES string of the molecule is Cc1ccc2nc(NCC3CCCC(C)C3)nn2c1. The molecule has 1 fully saturated rings. The van der Waals surface area contributed by atoms with Crippen molar-refractivity contribution < 1.29 is 0 Å². The van der Waals surface area contributed by atoms with Crippen molar-refractivity contribution in [3.05, 3.63) is 23.9 Å². The summed E-state index contributed by atoms with van der Waals surface area (Å²) in [4.78, 5) is 4.50. The van der Waals surface area contributed by atoms with Crippen molar-refractivity contribution >= 4 is 11.6 Å². The summed E-state index contributed by atoms with van der Waals surface area (Å²) in [5, 5.41) is 7.87. The Morgan fingerprint density at radius 3 is 3.11 bits per heavy atom. The van der Waals surface area contributed by atoms with E-state index in [9.17, 15) is 0 Å². The van der Waals surface area contributed by atoms with Crippen LogP contribution >= 0.6 is 0 Å². The second kappa shape index (κ2) is 5.19. The van der Waals surface area contributed by atoms with Crippen LogP contribution < -0.4 is 5.32 Å². The van der Waals surface area contributed by atoms with Crippen molar-refractivity contribution in [1.29, 1.82) is 0 Å². The van der Waals surface area contributed by atoms with Gasteiger partial charge in [-0.3, -0.25) is 0 Å². The van der Waals surface area contributed by atoms with Gasteiger partial charge in [-0.25, -0.2) is 4.52 Å². The predicted molar refractivity (Wildman–Crippen MR) is 77.3 cm³/mol. The second-order valence-electron chi connectivity index (χ2n) is 5.96. The number of pyridine rings is 1. The van der Waals surface area contributed by atoms with E-state index < -0.39 is 0 Å². The minimum atomic E-state index is 0.754. The maximum atomic E-state index is 4.50. The van der Waals surface area contributed by atoms with Gasteiger partial charge in [-0.2, -0.15) is 4.98 Å². The Balaban J connectivity index is 1.65. The largest absolute Gasteiger partial charge is 0.353 e. The third-order valence-electron chi connectivity index (χ3n) is 4.07. The maximum absolute atomic E-state index is 4.50. The molecule has 4 heteroatoms. The lowest BCUT2D eigenvalue weighted by Crippen LogP contribution is -2.21. The molecule has 3 rings (SSSR count). The molecule has 102 valence electrons. The van der Waals surface area contributed by atoms with Gasteiger partial charge in [0.05, 0.1) is 0 Å². The molecule has 2 heterocycles. The molecule has 0 aromatic carbocycles. The van der Waals surface area contributed by atoms with Crippen molar-refractivity contribution in [3.63, 3.8) is 0 Å². The third-order valence-corrected chi connectivity index (χ3v) is 4.07. The molecule has 2 aromatic heterocycles. The number of fused-ring (bicyclic) bond motifs is 1. The van der Waals surface area contributed by atoms with E-state index in [2.05, 4.69) is 35.3 Å². The van der Waals surface area contributed by atoms with Gasteiger partial charge in [0.1, 0.15) is 0 Å². The van der Waals surface area contributed by atoms with Crippen LogP contribution in [0, 0.1) is 18.8 Å². The first-order valence-corrected chi connectivity index (χ1v) is 7.27. The third kappa shape index (κ3) is 2.88. The molecule has 1 saturated carbocycles. The molecule has 0 aliphatic heterocycles. The first-order valence-electron chi connectivity index (χ1n) is 7.27. The average molecular weight is 258 g/mol. The molecule has 2 aromatic rings. The Morgan fingerprint density at radius 1 is 1.37 bits per heavy atom. The molecule has 1 N–H and O–H groups in total. The monoisotopic (exact) mass is 258 g/mol. The van der Waals surface area contributed by atoms with E-state index in [1.54, 1.807) is 0 Å². The van der Waals surface area contributed by atoms with Gasteiger partial charge in [0.25, 0.3) is 0 Å². The van der Waals surface area contributed by atoms with E-state index in [1.165, 1.54) is 31.2 Å². The van der Waals surface area contributed by atoms with Crippen LogP contribution in [0.2, 0.25) is 0 Å². The molecule has 2 atom stereocenters. The molecule has 1 aliphatic rings. The van der Waals surface area contributed by atoms with Gasteiger partial charge in [-0.05, 0) is 43.2 Å². The highest BCUT2D eigenvalue weighted by molar-refractivity contribution is 5.44. The fraction of sp³-hybridized carbons (Fsp3) is 0.600. The molecule has 19 heavy (non-hydrogen) atoms. The van der Waals surface area contributed by atoms with E-state index in [4.69, 9.17) is 0 Å². The number of rotatable bonds is 3. The lowest BCUT2D eigenvalue weighted by Gasteiger charge is -2.26. The highest BCUT2D eigenvalue weighted by Crippen LogP contribution is 2.28. The standard InChI is InChI=1S/C15H22N4/c1-11-4-3-5-13(8-11)9-16-15-17-14-7-6-12(2)10-19(14)18-15/h6-7,10-11,13H,3-5,8-9H2,1-2H3,(H,16,18). The maximum Gasteiger partial charge on any atom is 0.243 e. The first kappa shape index (κ1) is 12.5. The Labute approximate surface area is 114 Å². The van der Waals surface area contributed by atoms with Crippen LogP contribution in [0.3, 0.4) is 0 Å². The topological polar surface area (TPSA) is 42.2 Å². The molecular weight excluding hydrogens is 236 g/mol. The fourth-order valence-electron chi connectivity index (χ4n) is 3.04. The van der Waals surface area contributed by atoms with Crippen LogP contribution in [0.15, 0.2) is 18.3 Å². The van der Waals surface area contributed by atoms with Crippen molar-refractivity contribution in [2.24, 2.45) is 11.8 Å². The summed E-state index contributed by atoms with van der Waals surface area (Å²) in [5.74, 6) is 2.40. The van der Waals surface area contributed by atoms with Gasteiger partial charge >= 0.3 is 0 Å². The van der Waals surface area contributed by atoms with Gasteiger partial charge < -0.3 is 5.32 Å². The number of aryl methyl sites for hydroxylation is 1. The predicted octanol–water partition coefficient (Wildman–Crippen LogP) is 3.28. The van der Waals surface area contributed by atoms with Gasteiger partial charge in [0.15, 0.2) is 5.65 Å². The summed E-state index contributed by atoms with van der Waals surface area (Å²) in [5.41, 5.74) is 2.11.